The van der Waals surface area contributed by atoms with Crippen molar-refractivity contribution < 1.29 is 4.52 Å². The summed E-state index contributed by atoms with van der Waals surface area (Å²) >= 11 is 0. The van der Waals surface area contributed by atoms with Gasteiger partial charge in [-0.15, -0.1) is 34.2 Å². The van der Waals surface area contributed by atoms with Crippen molar-refractivity contribution in [3.05, 3.63) is 29.2 Å². The third-order valence-electron chi connectivity index (χ3n) is 5.46. The van der Waals surface area contributed by atoms with E-state index in [0.29, 0.717) is 12.5 Å². The molecule has 8 nitrogen and oxygen atoms in total. The summed E-state index contributed by atoms with van der Waals surface area (Å²) in [5, 5.41) is 19.6. The number of nitrogens with one attached hydrogen (secondary N) is 2. The lowest BCUT2D eigenvalue weighted by atomic mass is 9.99. The van der Waals surface area contributed by atoms with Gasteiger partial charge in [0, 0.05) is 45.0 Å². The number of aliphatic imine (C=N–C) groups is 1. The van der Waals surface area contributed by atoms with Crippen LogP contribution in [0.15, 0.2) is 15.6 Å². The first kappa shape index (κ1) is 23.6. The molecule has 9 heteroatoms. The molecular weight excluding hydrogens is 481 g/mol. The molecule has 162 valence electrons. The quantitative estimate of drug-likeness (QED) is 0.318. The molecule has 0 bridgehead atoms. The maximum atomic E-state index is 5.46. The zero-order chi connectivity index (χ0) is 19.8. The second kappa shape index (κ2) is 12.1. The summed E-state index contributed by atoms with van der Waals surface area (Å²) < 4.78 is 7.76. The van der Waals surface area contributed by atoms with Crippen molar-refractivity contribution in [1.82, 2.24) is 30.6 Å². The summed E-state index contributed by atoms with van der Waals surface area (Å²) in [6, 6.07) is 2.05. The highest BCUT2D eigenvalue weighted by molar-refractivity contribution is 14.0. The summed E-state index contributed by atoms with van der Waals surface area (Å²) in [6.45, 7) is 6.72. The average molecular weight is 515 g/mol. The van der Waals surface area contributed by atoms with Crippen LogP contribution in [-0.4, -0.2) is 39.5 Å². The Bertz CT molecular complexity index is 767. The van der Waals surface area contributed by atoms with Crippen LogP contribution in [-0.2, 0) is 25.9 Å². The smallest absolute Gasteiger partial charge is 0.191 e. The van der Waals surface area contributed by atoms with Crippen LogP contribution in [0.2, 0.25) is 0 Å². The lowest BCUT2D eigenvalue weighted by Crippen LogP contribution is -2.38. The molecule has 2 N–H and O–H groups in total. The molecule has 3 rings (SSSR count). The van der Waals surface area contributed by atoms with Gasteiger partial charge >= 0.3 is 0 Å². The monoisotopic (exact) mass is 515 g/mol. The Morgan fingerprint density at radius 1 is 1.21 bits per heavy atom. The van der Waals surface area contributed by atoms with Crippen molar-refractivity contribution in [2.45, 2.75) is 77.8 Å². The van der Waals surface area contributed by atoms with Gasteiger partial charge in [-0.2, -0.15) is 0 Å². The van der Waals surface area contributed by atoms with Crippen molar-refractivity contribution >= 4 is 29.9 Å². The Morgan fingerprint density at radius 3 is 2.79 bits per heavy atom. The van der Waals surface area contributed by atoms with E-state index < -0.39 is 0 Å². The molecule has 0 amide bonds. The molecule has 0 fully saturated rings. The second-order valence-electron chi connectivity index (χ2n) is 7.33. The molecule has 0 saturated carbocycles. The number of aryl methyl sites for hydroxylation is 1. The van der Waals surface area contributed by atoms with Gasteiger partial charge in [-0.05, 0) is 25.7 Å². The summed E-state index contributed by atoms with van der Waals surface area (Å²) in [5.74, 6) is 4.23. The third kappa shape index (κ3) is 6.42. The standard InChI is InChI=1S/C20H33N7O.HI/c1-4-15(5-2)17-13-16(28-26-17)14-23-20(21-3)22-11-10-19-25-24-18-9-7-6-8-12-27(18)19;/h13,15H,4-12,14H2,1-3H3,(H2,21,22,23);1H. The fraction of sp³-hybridized carbons (Fsp3) is 0.700. The highest BCUT2D eigenvalue weighted by Crippen LogP contribution is 2.22. The summed E-state index contributed by atoms with van der Waals surface area (Å²) in [6.07, 6.45) is 7.72. The van der Waals surface area contributed by atoms with Crippen molar-refractivity contribution in [2.75, 3.05) is 13.6 Å². The number of fused-ring (bicyclic) bond motifs is 1. The van der Waals surface area contributed by atoms with Crippen molar-refractivity contribution in [2.24, 2.45) is 4.99 Å². The molecule has 0 aromatic carbocycles. The molecule has 0 spiro atoms. The molecule has 3 heterocycles. The summed E-state index contributed by atoms with van der Waals surface area (Å²) in [5.41, 5.74) is 1.04. The second-order valence-corrected chi connectivity index (χ2v) is 7.33. The Morgan fingerprint density at radius 2 is 2.03 bits per heavy atom. The molecule has 1 aliphatic heterocycles. The van der Waals surface area contributed by atoms with Crippen molar-refractivity contribution in [3.8, 4) is 0 Å². The van der Waals surface area contributed by atoms with Gasteiger partial charge in [-0.3, -0.25) is 4.99 Å². The molecule has 0 unspecified atom stereocenters. The fourth-order valence-corrected chi connectivity index (χ4v) is 3.73. The van der Waals surface area contributed by atoms with E-state index in [0.717, 1.165) is 67.8 Å². The normalized spacial score (nSPS) is 14.3. The predicted octanol–water partition coefficient (Wildman–Crippen LogP) is 3.42. The van der Waals surface area contributed by atoms with E-state index in [1.165, 1.54) is 19.3 Å². The Balaban J connectivity index is 0.00000300. The Labute approximate surface area is 190 Å². The lowest BCUT2D eigenvalue weighted by molar-refractivity contribution is 0.368. The predicted molar refractivity (Wildman–Crippen MR) is 125 cm³/mol. The molecule has 0 saturated heterocycles. The van der Waals surface area contributed by atoms with Crippen LogP contribution in [0, 0.1) is 0 Å². The number of guanidine groups is 1. The van der Waals surface area contributed by atoms with Gasteiger partial charge in [0.25, 0.3) is 0 Å². The van der Waals surface area contributed by atoms with Gasteiger partial charge < -0.3 is 19.7 Å². The topological polar surface area (TPSA) is 93.2 Å². The van der Waals surface area contributed by atoms with E-state index in [9.17, 15) is 0 Å². The number of hydrogen-bond donors (Lipinski definition) is 2. The molecule has 29 heavy (non-hydrogen) atoms. The van der Waals surface area contributed by atoms with Crippen molar-refractivity contribution in [3.63, 3.8) is 0 Å². The highest BCUT2D eigenvalue weighted by atomic mass is 127. The first-order valence-electron chi connectivity index (χ1n) is 10.6. The average Bonchev–Trinajstić information content (AvgIpc) is 3.26. The minimum atomic E-state index is 0. The molecule has 0 radical (unpaired) electrons. The largest absolute Gasteiger partial charge is 0.359 e. The number of rotatable bonds is 8. The van der Waals surface area contributed by atoms with Crippen LogP contribution in [0.1, 0.15) is 75.0 Å². The highest BCUT2D eigenvalue weighted by Gasteiger charge is 2.15. The molecule has 0 aliphatic carbocycles. The maximum absolute atomic E-state index is 5.46. The number of hydrogen-bond acceptors (Lipinski definition) is 5. The van der Waals surface area contributed by atoms with Gasteiger partial charge in [0.1, 0.15) is 11.6 Å². The molecule has 2 aromatic heterocycles. The van der Waals surface area contributed by atoms with Gasteiger partial charge in [-0.25, -0.2) is 0 Å². The van der Waals surface area contributed by atoms with E-state index in [-0.39, 0.29) is 24.0 Å². The number of nitrogens with zero attached hydrogens (tertiary/aromatic N) is 5. The van der Waals surface area contributed by atoms with Crippen LogP contribution < -0.4 is 10.6 Å². The van der Waals surface area contributed by atoms with E-state index in [1.54, 1.807) is 7.05 Å². The Kier molecular flexibility index (Phi) is 9.89. The van der Waals surface area contributed by atoms with E-state index >= 15 is 0 Å². The molecule has 1 aliphatic rings. The van der Waals surface area contributed by atoms with Crippen LogP contribution in [0.3, 0.4) is 0 Å². The van der Waals surface area contributed by atoms with Gasteiger partial charge in [0.05, 0.1) is 12.2 Å². The zero-order valence-electron chi connectivity index (χ0n) is 17.8. The number of halogens is 1. The van der Waals surface area contributed by atoms with E-state index in [1.807, 2.05) is 6.07 Å². The van der Waals surface area contributed by atoms with Crippen molar-refractivity contribution in [1.29, 1.82) is 0 Å². The summed E-state index contributed by atoms with van der Waals surface area (Å²) in [7, 11) is 1.77. The van der Waals surface area contributed by atoms with Crippen LogP contribution in [0.25, 0.3) is 0 Å². The summed E-state index contributed by atoms with van der Waals surface area (Å²) in [4.78, 5) is 4.29. The minimum absolute atomic E-state index is 0. The first-order chi connectivity index (χ1) is 13.7. The third-order valence-corrected chi connectivity index (χ3v) is 5.46. The van der Waals surface area contributed by atoms with Crippen LogP contribution >= 0.6 is 24.0 Å². The molecular formula is C20H34IN7O. The fourth-order valence-electron chi connectivity index (χ4n) is 3.73. The van der Waals surface area contributed by atoms with Crippen LogP contribution in [0.5, 0.6) is 0 Å². The van der Waals surface area contributed by atoms with Gasteiger partial charge in [0.2, 0.25) is 0 Å². The van der Waals surface area contributed by atoms with Gasteiger partial charge in [0.15, 0.2) is 11.7 Å². The molecule has 2 aromatic rings. The molecule has 0 atom stereocenters. The van der Waals surface area contributed by atoms with E-state index in [4.69, 9.17) is 4.52 Å². The first-order valence-corrected chi connectivity index (χ1v) is 10.6. The lowest BCUT2D eigenvalue weighted by Gasteiger charge is -2.11. The van der Waals surface area contributed by atoms with Gasteiger partial charge in [-0.1, -0.05) is 25.4 Å². The SMILES string of the molecule is CCC(CC)c1cc(CNC(=NC)NCCc2nnc3n2CCCCC3)on1.I. The van der Waals surface area contributed by atoms with E-state index in [2.05, 4.69) is 49.4 Å². The zero-order valence-corrected chi connectivity index (χ0v) is 20.1. The minimum Gasteiger partial charge on any atom is -0.359 e. The Hall–Kier alpha value is -1.65. The maximum Gasteiger partial charge on any atom is 0.191 e. The number of aromatic nitrogens is 4. The van der Waals surface area contributed by atoms with Crippen LogP contribution in [0.4, 0.5) is 0 Å².